The minimum Gasteiger partial charge on any atom is -0.126 e. The second-order valence-corrected chi connectivity index (χ2v) is 7.96. The second kappa shape index (κ2) is 5.47. The first kappa shape index (κ1) is 14.9. The molecule has 0 radical (unpaired) electrons. The summed E-state index contributed by atoms with van der Waals surface area (Å²) in [6, 6.07) is 10.6. The van der Waals surface area contributed by atoms with Gasteiger partial charge in [-0.15, -0.1) is 22.9 Å². The van der Waals surface area contributed by atoms with Crippen LogP contribution in [0, 0.1) is 6.92 Å². The highest BCUT2D eigenvalue weighted by Gasteiger charge is 2.17. The molecule has 102 valence electrons. The summed E-state index contributed by atoms with van der Waals surface area (Å²) < 4.78 is 0.826. The van der Waals surface area contributed by atoms with Crippen LogP contribution in [0.1, 0.15) is 47.7 Å². The molecule has 3 heteroatoms. The van der Waals surface area contributed by atoms with Gasteiger partial charge >= 0.3 is 0 Å². The summed E-state index contributed by atoms with van der Waals surface area (Å²) in [4.78, 5) is 1.10. The van der Waals surface area contributed by atoms with Gasteiger partial charge in [0.25, 0.3) is 0 Å². The number of benzene rings is 1. The molecular formula is C16H18Cl2S. The van der Waals surface area contributed by atoms with Crippen molar-refractivity contribution in [1.29, 1.82) is 0 Å². The molecular weight excluding hydrogens is 295 g/mol. The lowest BCUT2D eigenvalue weighted by Gasteiger charge is -2.19. The first-order valence-electron chi connectivity index (χ1n) is 6.29. The number of hydrogen-bond donors (Lipinski definition) is 0. The van der Waals surface area contributed by atoms with Crippen molar-refractivity contribution in [1.82, 2.24) is 0 Å². The van der Waals surface area contributed by atoms with Crippen LogP contribution < -0.4 is 0 Å². The van der Waals surface area contributed by atoms with Crippen molar-refractivity contribution in [2.45, 2.75) is 38.5 Å². The maximum absolute atomic E-state index is 6.54. The monoisotopic (exact) mass is 312 g/mol. The zero-order valence-corrected chi connectivity index (χ0v) is 14.0. The topological polar surface area (TPSA) is 0 Å². The Balaban J connectivity index is 2.27. The van der Waals surface area contributed by atoms with Crippen LogP contribution in [0.2, 0.25) is 4.34 Å². The fourth-order valence-corrected chi connectivity index (χ4v) is 3.49. The first-order chi connectivity index (χ1) is 8.79. The Morgan fingerprint density at radius 3 is 2.11 bits per heavy atom. The lowest BCUT2D eigenvalue weighted by Crippen LogP contribution is -2.10. The molecule has 0 aliphatic heterocycles. The van der Waals surface area contributed by atoms with Gasteiger partial charge in [0.1, 0.15) is 0 Å². The molecule has 0 amide bonds. The highest BCUT2D eigenvalue weighted by molar-refractivity contribution is 7.16. The van der Waals surface area contributed by atoms with Crippen molar-refractivity contribution in [3.05, 3.63) is 56.2 Å². The molecule has 0 spiro atoms. The van der Waals surface area contributed by atoms with E-state index in [9.17, 15) is 0 Å². The minimum atomic E-state index is -0.120. The number of halogens is 2. The Morgan fingerprint density at radius 1 is 1.11 bits per heavy atom. The van der Waals surface area contributed by atoms with E-state index in [4.69, 9.17) is 23.2 Å². The maximum Gasteiger partial charge on any atom is 0.0960 e. The zero-order chi connectivity index (χ0) is 14.2. The standard InChI is InChI=1S/C16H18Cl2S/c1-10-9-13(19-15(10)18)14(17)11-5-7-12(8-6-11)16(2,3)4/h5-9,14H,1-4H3. The molecule has 1 unspecified atom stereocenters. The number of alkyl halides is 1. The highest BCUT2D eigenvalue weighted by Crippen LogP contribution is 2.38. The molecule has 0 N–H and O–H groups in total. The van der Waals surface area contributed by atoms with E-state index in [1.54, 1.807) is 11.3 Å². The fourth-order valence-electron chi connectivity index (χ4n) is 1.92. The summed E-state index contributed by atoms with van der Waals surface area (Å²) in [7, 11) is 0. The van der Waals surface area contributed by atoms with Crippen LogP contribution in [-0.2, 0) is 5.41 Å². The SMILES string of the molecule is Cc1cc(C(Cl)c2ccc(C(C)(C)C)cc2)sc1Cl. The molecule has 0 fully saturated rings. The molecule has 2 rings (SSSR count). The Kier molecular flexibility index (Phi) is 4.29. The van der Waals surface area contributed by atoms with Gasteiger partial charge in [-0.1, -0.05) is 56.6 Å². The van der Waals surface area contributed by atoms with Crippen molar-refractivity contribution in [2.24, 2.45) is 0 Å². The molecule has 2 aromatic rings. The Labute approximate surface area is 129 Å². The lowest BCUT2D eigenvalue weighted by molar-refractivity contribution is 0.590. The molecule has 0 saturated heterocycles. The fraction of sp³-hybridized carbons (Fsp3) is 0.375. The molecule has 1 aromatic carbocycles. The van der Waals surface area contributed by atoms with Crippen LogP contribution in [0.5, 0.6) is 0 Å². The molecule has 1 aromatic heterocycles. The average molecular weight is 313 g/mol. The molecule has 0 aliphatic carbocycles. The number of aryl methyl sites for hydroxylation is 1. The van der Waals surface area contributed by atoms with Gasteiger partial charge in [0, 0.05) is 4.88 Å². The van der Waals surface area contributed by atoms with Gasteiger partial charge in [-0.25, -0.2) is 0 Å². The molecule has 19 heavy (non-hydrogen) atoms. The molecule has 1 atom stereocenters. The van der Waals surface area contributed by atoms with Crippen molar-refractivity contribution in [3.8, 4) is 0 Å². The normalized spacial score (nSPS) is 13.6. The third-order valence-electron chi connectivity index (χ3n) is 3.20. The molecule has 0 bridgehead atoms. The van der Waals surface area contributed by atoms with E-state index in [1.165, 1.54) is 5.56 Å². The predicted octanol–water partition coefficient (Wildman–Crippen LogP) is 6.34. The van der Waals surface area contributed by atoms with Gasteiger partial charge in [-0.05, 0) is 35.1 Å². The van der Waals surface area contributed by atoms with Crippen LogP contribution in [0.15, 0.2) is 30.3 Å². The van der Waals surface area contributed by atoms with Crippen LogP contribution in [0.25, 0.3) is 0 Å². The number of rotatable bonds is 2. The van der Waals surface area contributed by atoms with Crippen LogP contribution >= 0.6 is 34.5 Å². The van der Waals surface area contributed by atoms with E-state index in [0.29, 0.717) is 0 Å². The van der Waals surface area contributed by atoms with E-state index in [0.717, 1.165) is 20.3 Å². The van der Waals surface area contributed by atoms with Crippen molar-refractivity contribution < 1.29 is 0 Å². The van der Waals surface area contributed by atoms with Gasteiger partial charge in [-0.2, -0.15) is 0 Å². The summed E-state index contributed by atoms with van der Waals surface area (Å²) in [5.74, 6) is 0. The summed E-state index contributed by atoms with van der Waals surface area (Å²) in [5, 5.41) is -0.120. The molecule has 1 heterocycles. The number of thiophene rings is 1. The lowest BCUT2D eigenvalue weighted by atomic mass is 9.86. The third kappa shape index (κ3) is 3.34. The van der Waals surface area contributed by atoms with Crippen LogP contribution in [0.3, 0.4) is 0 Å². The van der Waals surface area contributed by atoms with Gasteiger partial charge in [0.2, 0.25) is 0 Å². The average Bonchev–Trinajstić information content (AvgIpc) is 2.68. The van der Waals surface area contributed by atoms with Crippen molar-refractivity contribution in [2.75, 3.05) is 0 Å². The zero-order valence-electron chi connectivity index (χ0n) is 11.6. The maximum atomic E-state index is 6.54. The summed E-state index contributed by atoms with van der Waals surface area (Å²) >= 11 is 14.2. The van der Waals surface area contributed by atoms with E-state index < -0.39 is 0 Å². The van der Waals surface area contributed by atoms with Gasteiger partial charge in [0.05, 0.1) is 9.71 Å². The second-order valence-electron chi connectivity index (χ2n) is 5.84. The van der Waals surface area contributed by atoms with Crippen molar-refractivity contribution in [3.63, 3.8) is 0 Å². The molecule has 0 aliphatic rings. The van der Waals surface area contributed by atoms with Crippen molar-refractivity contribution >= 4 is 34.5 Å². The van der Waals surface area contributed by atoms with E-state index in [1.807, 2.05) is 6.92 Å². The third-order valence-corrected chi connectivity index (χ3v) is 5.43. The summed E-state index contributed by atoms with van der Waals surface area (Å²) in [5.41, 5.74) is 3.70. The quantitative estimate of drug-likeness (QED) is 0.568. The molecule has 0 nitrogen and oxygen atoms in total. The van der Waals surface area contributed by atoms with Gasteiger partial charge in [0.15, 0.2) is 0 Å². The predicted molar refractivity (Wildman–Crippen MR) is 86.9 cm³/mol. The van der Waals surface area contributed by atoms with Gasteiger partial charge in [-0.3, -0.25) is 0 Å². The first-order valence-corrected chi connectivity index (χ1v) is 7.92. The summed E-state index contributed by atoms with van der Waals surface area (Å²) in [6.45, 7) is 8.64. The Morgan fingerprint density at radius 2 is 1.68 bits per heavy atom. The highest BCUT2D eigenvalue weighted by atomic mass is 35.5. The van der Waals surface area contributed by atoms with E-state index >= 15 is 0 Å². The van der Waals surface area contributed by atoms with E-state index in [2.05, 4.69) is 51.1 Å². The van der Waals surface area contributed by atoms with Crippen LogP contribution in [0.4, 0.5) is 0 Å². The smallest absolute Gasteiger partial charge is 0.0960 e. The largest absolute Gasteiger partial charge is 0.126 e. The van der Waals surface area contributed by atoms with Gasteiger partial charge < -0.3 is 0 Å². The summed E-state index contributed by atoms with van der Waals surface area (Å²) in [6.07, 6.45) is 0. The van der Waals surface area contributed by atoms with Crippen LogP contribution in [-0.4, -0.2) is 0 Å². The molecule has 0 saturated carbocycles. The minimum absolute atomic E-state index is 0.120. The Hall–Kier alpha value is -0.500. The Bertz CT molecular complexity index is 542. The number of hydrogen-bond acceptors (Lipinski definition) is 1. The van der Waals surface area contributed by atoms with E-state index in [-0.39, 0.29) is 10.8 Å².